The molecule has 0 radical (unpaired) electrons. The number of carbonyl (C=O) groups is 1. The van der Waals surface area contributed by atoms with Crippen LogP contribution in [0.5, 0.6) is 5.75 Å². The quantitative estimate of drug-likeness (QED) is 0.257. The van der Waals surface area contributed by atoms with Crippen molar-refractivity contribution in [3.63, 3.8) is 0 Å². The number of thiazole rings is 1. The van der Waals surface area contributed by atoms with Crippen LogP contribution in [0.3, 0.4) is 0 Å². The summed E-state index contributed by atoms with van der Waals surface area (Å²) in [6, 6.07) is 18.0. The summed E-state index contributed by atoms with van der Waals surface area (Å²) in [7, 11) is -2.39. The zero-order valence-electron chi connectivity index (χ0n) is 18.2. The van der Waals surface area contributed by atoms with Crippen molar-refractivity contribution in [2.75, 3.05) is 17.1 Å². The average Bonchev–Trinajstić information content (AvgIpc) is 3.32. The van der Waals surface area contributed by atoms with Gasteiger partial charge < -0.3 is 4.74 Å². The van der Waals surface area contributed by atoms with E-state index in [1.807, 2.05) is 0 Å². The smallest absolute Gasteiger partial charge is 0.270 e. The van der Waals surface area contributed by atoms with Crippen molar-refractivity contribution in [1.29, 1.82) is 0 Å². The average molecular weight is 511 g/mol. The normalized spacial score (nSPS) is 11.0. The molecule has 4 aromatic rings. The summed E-state index contributed by atoms with van der Waals surface area (Å²) in [5.41, 5.74) is 1.40. The van der Waals surface area contributed by atoms with Crippen LogP contribution in [0.2, 0.25) is 0 Å². The van der Waals surface area contributed by atoms with Gasteiger partial charge in [0.05, 0.1) is 22.6 Å². The number of nitro benzene ring substituents is 1. The first kappa shape index (κ1) is 23.9. The predicted molar refractivity (Wildman–Crippen MR) is 132 cm³/mol. The summed E-state index contributed by atoms with van der Waals surface area (Å²) in [6.07, 6.45) is 0. The molecule has 1 amide bonds. The zero-order valence-corrected chi connectivity index (χ0v) is 19.8. The van der Waals surface area contributed by atoms with Crippen molar-refractivity contribution in [1.82, 2.24) is 4.98 Å². The molecular weight excluding hydrogens is 492 g/mol. The molecule has 0 fully saturated rings. The molecule has 178 valence electrons. The summed E-state index contributed by atoms with van der Waals surface area (Å²) < 4.78 is 32.8. The number of amides is 1. The van der Waals surface area contributed by atoms with Crippen molar-refractivity contribution < 1.29 is 22.9 Å². The van der Waals surface area contributed by atoms with E-state index >= 15 is 0 Å². The lowest BCUT2D eigenvalue weighted by Gasteiger charge is -2.10. The molecule has 0 aliphatic carbocycles. The maximum absolute atomic E-state index is 12.7. The largest absolute Gasteiger partial charge is 0.497 e. The van der Waals surface area contributed by atoms with Crippen LogP contribution in [0, 0.1) is 10.1 Å². The SMILES string of the molecule is COc1ccc(S(=O)(=O)Nc2cccc(C(=O)Nc3nc(-c4cccc([N+](=O)[O-])c4)cs3)c2)cc1. The van der Waals surface area contributed by atoms with E-state index in [9.17, 15) is 23.3 Å². The van der Waals surface area contributed by atoms with Crippen LogP contribution in [-0.4, -0.2) is 31.3 Å². The van der Waals surface area contributed by atoms with Gasteiger partial charge >= 0.3 is 0 Å². The Kier molecular flexibility index (Phi) is 6.75. The van der Waals surface area contributed by atoms with E-state index in [-0.39, 0.29) is 21.8 Å². The molecule has 0 spiro atoms. The highest BCUT2D eigenvalue weighted by atomic mass is 32.2. The van der Waals surface area contributed by atoms with Gasteiger partial charge in [-0.05, 0) is 42.5 Å². The Morgan fingerprint density at radius 3 is 2.51 bits per heavy atom. The number of methoxy groups -OCH3 is 1. The van der Waals surface area contributed by atoms with Crippen LogP contribution < -0.4 is 14.8 Å². The molecule has 1 aromatic heterocycles. The second-order valence-corrected chi connectivity index (χ2v) is 9.70. The minimum Gasteiger partial charge on any atom is -0.497 e. The molecule has 0 aliphatic rings. The molecule has 0 aliphatic heterocycles. The number of non-ortho nitro benzene ring substituents is 1. The van der Waals surface area contributed by atoms with E-state index in [1.165, 1.54) is 61.7 Å². The van der Waals surface area contributed by atoms with Crippen LogP contribution in [0.25, 0.3) is 11.3 Å². The Labute approximate surface area is 204 Å². The lowest BCUT2D eigenvalue weighted by atomic mass is 10.1. The van der Waals surface area contributed by atoms with Gasteiger partial charge in [0.1, 0.15) is 5.75 Å². The summed E-state index contributed by atoms with van der Waals surface area (Å²) in [6.45, 7) is 0. The Balaban J connectivity index is 1.48. The van der Waals surface area contributed by atoms with Crippen molar-refractivity contribution in [3.8, 4) is 17.0 Å². The standard InChI is InChI=1S/C23H18N4O6S2/c1-33-19-8-10-20(11-9-19)35(31,32)26-17-6-2-5-16(12-17)22(28)25-23-24-21(14-34-23)15-4-3-7-18(13-15)27(29)30/h2-14,26H,1H3,(H,24,25,28). The first-order chi connectivity index (χ1) is 16.7. The third-order valence-electron chi connectivity index (χ3n) is 4.82. The van der Waals surface area contributed by atoms with Gasteiger partial charge in [0.15, 0.2) is 5.13 Å². The fraction of sp³-hybridized carbons (Fsp3) is 0.0435. The van der Waals surface area contributed by atoms with E-state index in [1.54, 1.807) is 23.6 Å². The minimum absolute atomic E-state index is 0.0459. The first-order valence-electron chi connectivity index (χ1n) is 10.0. The Morgan fingerprint density at radius 1 is 1.06 bits per heavy atom. The third-order valence-corrected chi connectivity index (χ3v) is 6.98. The lowest BCUT2D eigenvalue weighted by Crippen LogP contribution is -2.15. The lowest BCUT2D eigenvalue weighted by molar-refractivity contribution is -0.384. The topological polar surface area (TPSA) is 141 Å². The number of sulfonamides is 1. The van der Waals surface area contributed by atoms with Gasteiger partial charge in [-0.25, -0.2) is 13.4 Å². The number of nitrogens with zero attached hydrogens (tertiary/aromatic N) is 2. The van der Waals surface area contributed by atoms with Gasteiger partial charge in [-0.3, -0.25) is 24.9 Å². The third kappa shape index (κ3) is 5.62. The van der Waals surface area contributed by atoms with Crippen molar-refractivity contribution in [2.45, 2.75) is 4.90 Å². The van der Waals surface area contributed by atoms with Crippen LogP contribution in [-0.2, 0) is 10.0 Å². The molecule has 10 nitrogen and oxygen atoms in total. The number of hydrogen-bond donors (Lipinski definition) is 2. The van der Waals surface area contributed by atoms with Crippen molar-refractivity contribution >= 4 is 43.8 Å². The molecule has 0 saturated carbocycles. The maximum Gasteiger partial charge on any atom is 0.270 e. The molecule has 2 N–H and O–H groups in total. The number of hydrogen-bond acceptors (Lipinski definition) is 8. The molecule has 0 atom stereocenters. The number of nitro groups is 1. The zero-order chi connectivity index (χ0) is 25.0. The summed E-state index contributed by atoms with van der Waals surface area (Å²) >= 11 is 1.16. The van der Waals surface area contributed by atoms with E-state index in [0.29, 0.717) is 22.1 Å². The number of anilines is 2. The first-order valence-corrected chi connectivity index (χ1v) is 12.4. The van der Waals surface area contributed by atoms with Crippen molar-refractivity contribution in [2.24, 2.45) is 0 Å². The number of carbonyl (C=O) groups excluding carboxylic acids is 1. The van der Waals surface area contributed by atoms with Crippen molar-refractivity contribution in [3.05, 3.63) is 93.9 Å². The highest BCUT2D eigenvalue weighted by molar-refractivity contribution is 7.92. The molecular formula is C23H18N4O6S2. The number of rotatable bonds is 8. The highest BCUT2D eigenvalue weighted by Crippen LogP contribution is 2.28. The fourth-order valence-corrected chi connectivity index (χ4v) is 4.87. The summed E-state index contributed by atoms with van der Waals surface area (Å²) in [5.74, 6) is 0.0360. The fourth-order valence-electron chi connectivity index (χ4n) is 3.10. The number of ether oxygens (including phenoxy) is 1. The molecule has 0 bridgehead atoms. The number of benzene rings is 3. The predicted octanol–water partition coefficient (Wildman–Crippen LogP) is 4.78. The van der Waals surface area contributed by atoms with Gasteiger partial charge in [0, 0.05) is 34.3 Å². The van der Waals surface area contributed by atoms with E-state index < -0.39 is 20.9 Å². The molecule has 35 heavy (non-hydrogen) atoms. The Bertz CT molecular complexity index is 1500. The van der Waals surface area contributed by atoms with Gasteiger partial charge in [-0.2, -0.15) is 0 Å². The number of aromatic nitrogens is 1. The summed E-state index contributed by atoms with van der Waals surface area (Å²) in [4.78, 5) is 27.6. The monoisotopic (exact) mass is 510 g/mol. The van der Waals surface area contributed by atoms with Gasteiger partial charge in [-0.1, -0.05) is 18.2 Å². The van der Waals surface area contributed by atoms with Crippen LogP contribution in [0.4, 0.5) is 16.5 Å². The number of nitrogens with one attached hydrogen (secondary N) is 2. The molecule has 0 unspecified atom stereocenters. The highest BCUT2D eigenvalue weighted by Gasteiger charge is 2.16. The van der Waals surface area contributed by atoms with Crippen LogP contribution in [0.1, 0.15) is 10.4 Å². The second-order valence-electron chi connectivity index (χ2n) is 7.16. The Hall–Kier alpha value is -4.29. The molecule has 1 heterocycles. The summed E-state index contributed by atoms with van der Waals surface area (Å²) in [5, 5.41) is 15.6. The Morgan fingerprint density at radius 2 is 1.80 bits per heavy atom. The van der Waals surface area contributed by atoms with Crippen LogP contribution in [0.15, 0.2) is 83.1 Å². The van der Waals surface area contributed by atoms with E-state index in [0.717, 1.165) is 11.3 Å². The van der Waals surface area contributed by atoms with Gasteiger partial charge in [0.25, 0.3) is 21.6 Å². The van der Waals surface area contributed by atoms with E-state index in [4.69, 9.17) is 4.74 Å². The van der Waals surface area contributed by atoms with Crippen LogP contribution >= 0.6 is 11.3 Å². The molecule has 12 heteroatoms. The van der Waals surface area contributed by atoms with Gasteiger partial charge in [-0.15, -0.1) is 11.3 Å². The second kappa shape index (κ2) is 9.91. The van der Waals surface area contributed by atoms with Gasteiger partial charge in [0.2, 0.25) is 0 Å². The minimum atomic E-state index is -3.87. The molecule has 4 rings (SSSR count). The molecule has 0 saturated heterocycles. The molecule has 3 aromatic carbocycles. The maximum atomic E-state index is 12.7. The van der Waals surface area contributed by atoms with E-state index in [2.05, 4.69) is 15.0 Å².